The molecule has 0 fully saturated rings. The fourth-order valence-corrected chi connectivity index (χ4v) is 2.64. The summed E-state index contributed by atoms with van der Waals surface area (Å²) in [6.07, 6.45) is 4.53. The Labute approximate surface area is 162 Å². The van der Waals surface area contributed by atoms with Crippen LogP contribution in [0.25, 0.3) is 0 Å². The second-order valence-electron chi connectivity index (χ2n) is 5.01. The van der Waals surface area contributed by atoms with Gasteiger partial charge in [-0.15, -0.1) is 24.0 Å². The molecular formula is C17H18IN3O2S. The Morgan fingerprint density at radius 2 is 2.08 bits per heavy atom. The number of amides is 2. The third-order valence-electron chi connectivity index (χ3n) is 3.41. The van der Waals surface area contributed by atoms with Crippen molar-refractivity contribution in [3.63, 3.8) is 0 Å². The second-order valence-corrected chi connectivity index (χ2v) is 5.59. The molecular weight excluding hydrogens is 437 g/mol. The summed E-state index contributed by atoms with van der Waals surface area (Å²) in [5, 5.41) is 5.66. The van der Waals surface area contributed by atoms with Gasteiger partial charge in [-0.25, -0.2) is 9.19 Å². The lowest BCUT2D eigenvalue weighted by atomic mass is 10.1. The summed E-state index contributed by atoms with van der Waals surface area (Å²) < 4.78 is 9.70. The van der Waals surface area contributed by atoms with Crippen LogP contribution in [0.5, 0.6) is 5.75 Å². The monoisotopic (exact) mass is 455 g/mol. The third-order valence-corrected chi connectivity index (χ3v) is 3.73. The molecule has 1 aliphatic rings. The standard InChI is InChI=1S/C17H17N3O2S.HI/c1-23-18-11-12-4-2-6-14(10-12)19-17(21)20-15-7-3-5-13-8-9-22-16(13)15;/h2-7,10-11H,8-9H2,1H3,(H2,19,20,21);1H. The molecule has 0 saturated carbocycles. The number of nitrogens with one attached hydrogen (secondary N) is 2. The number of urea groups is 1. The molecule has 2 amide bonds. The molecule has 126 valence electrons. The van der Waals surface area contributed by atoms with Gasteiger partial charge < -0.3 is 15.4 Å². The molecule has 0 saturated heterocycles. The molecule has 3 rings (SSSR count). The van der Waals surface area contributed by atoms with Crippen LogP contribution in [0.15, 0.2) is 46.9 Å². The van der Waals surface area contributed by atoms with Crippen LogP contribution in [0.2, 0.25) is 0 Å². The van der Waals surface area contributed by atoms with Crippen molar-refractivity contribution in [1.82, 2.24) is 0 Å². The van der Waals surface area contributed by atoms with Gasteiger partial charge in [0.25, 0.3) is 0 Å². The number of carbonyl (C=O) groups is 1. The van der Waals surface area contributed by atoms with Crippen LogP contribution in [-0.2, 0) is 6.42 Å². The van der Waals surface area contributed by atoms with Gasteiger partial charge in [-0.2, -0.15) is 0 Å². The van der Waals surface area contributed by atoms with Crippen molar-refractivity contribution in [2.75, 3.05) is 23.5 Å². The second kappa shape index (κ2) is 8.93. The number of hydrogen-bond donors (Lipinski definition) is 2. The summed E-state index contributed by atoms with van der Waals surface area (Å²) in [7, 11) is 0. The first-order valence-electron chi connectivity index (χ1n) is 7.25. The Morgan fingerprint density at radius 1 is 1.25 bits per heavy atom. The van der Waals surface area contributed by atoms with Crippen LogP contribution in [0.1, 0.15) is 11.1 Å². The maximum absolute atomic E-state index is 12.2. The number of ether oxygens (including phenoxy) is 1. The summed E-state index contributed by atoms with van der Waals surface area (Å²) in [4.78, 5) is 12.2. The van der Waals surface area contributed by atoms with Gasteiger partial charge in [-0.05, 0) is 41.3 Å². The summed E-state index contributed by atoms with van der Waals surface area (Å²) in [6, 6.07) is 13.0. The average Bonchev–Trinajstić information content (AvgIpc) is 3.03. The maximum atomic E-state index is 12.2. The zero-order valence-electron chi connectivity index (χ0n) is 13.1. The van der Waals surface area contributed by atoms with Gasteiger partial charge in [0.15, 0.2) is 0 Å². The molecule has 0 aromatic heterocycles. The van der Waals surface area contributed by atoms with E-state index in [2.05, 4.69) is 15.0 Å². The Balaban J connectivity index is 0.00000208. The number of halogens is 1. The third kappa shape index (κ3) is 4.64. The highest BCUT2D eigenvalue weighted by Crippen LogP contribution is 2.33. The lowest BCUT2D eigenvalue weighted by molar-refractivity contribution is 0.262. The van der Waals surface area contributed by atoms with Gasteiger partial charge in [0.1, 0.15) is 5.75 Å². The molecule has 2 aromatic rings. The lowest BCUT2D eigenvalue weighted by Crippen LogP contribution is -2.19. The number of benzene rings is 2. The van der Waals surface area contributed by atoms with E-state index >= 15 is 0 Å². The summed E-state index contributed by atoms with van der Waals surface area (Å²) >= 11 is 1.39. The van der Waals surface area contributed by atoms with Gasteiger partial charge in [0, 0.05) is 24.6 Å². The Morgan fingerprint density at radius 3 is 2.92 bits per heavy atom. The minimum atomic E-state index is -0.298. The molecule has 2 N–H and O–H groups in total. The van der Waals surface area contributed by atoms with Gasteiger partial charge in [-0.3, -0.25) is 0 Å². The topological polar surface area (TPSA) is 62.7 Å². The zero-order chi connectivity index (χ0) is 16.1. The van der Waals surface area contributed by atoms with Gasteiger partial charge in [0.05, 0.1) is 12.3 Å². The molecule has 0 spiro atoms. The van der Waals surface area contributed by atoms with Gasteiger partial charge >= 0.3 is 6.03 Å². The molecule has 7 heteroatoms. The van der Waals surface area contributed by atoms with E-state index in [0.29, 0.717) is 18.0 Å². The largest absolute Gasteiger partial charge is 0.491 e. The van der Waals surface area contributed by atoms with Crippen molar-refractivity contribution >= 4 is 59.5 Å². The molecule has 1 aliphatic heterocycles. The fraction of sp³-hybridized carbons (Fsp3) is 0.176. The van der Waals surface area contributed by atoms with Crippen LogP contribution in [-0.4, -0.2) is 25.1 Å². The number of fused-ring (bicyclic) bond motifs is 1. The van der Waals surface area contributed by atoms with Crippen molar-refractivity contribution in [2.24, 2.45) is 4.40 Å². The SMILES string of the molecule is CSN=Cc1cccc(NC(=O)Nc2cccc3c2OCC3)c1.I. The molecule has 2 aromatic carbocycles. The molecule has 0 atom stereocenters. The fourth-order valence-electron chi connectivity index (χ4n) is 2.41. The maximum Gasteiger partial charge on any atom is 0.323 e. The van der Waals surface area contributed by atoms with E-state index in [4.69, 9.17) is 4.74 Å². The molecule has 0 bridgehead atoms. The number of para-hydroxylation sites is 1. The van der Waals surface area contributed by atoms with Crippen LogP contribution >= 0.6 is 35.9 Å². The number of hydrogen-bond acceptors (Lipinski definition) is 4. The Kier molecular flexibility index (Phi) is 6.92. The predicted octanol–water partition coefficient (Wildman–Crippen LogP) is 4.58. The van der Waals surface area contributed by atoms with Crippen LogP contribution in [0.4, 0.5) is 16.2 Å². The molecule has 5 nitrogen and oxygen atoms in total. The first kappa shape index (κ1) is 18.6. The van der Waals surface area contributed by atoms with Crippen molar-refractivity contribution in [1.29, 1.82) is 0 Å². The first-order chi connectivity index (χ1) is 11.3. The number of anilines is 2. The number of carbonyl (C=O) groups excluding carboxylic acids is 1. The minimum absolute atomic E-state index is 0. The van der Waals surface area contributed by atoms with E-state index < -0.39 is 0 Å². The van der Waals surface area contributed by atoms with E-state index in [1.807, 2.05) is 48.7 Å². The highest BCUT2D eigenvalue weighted by Gasteiger charge is 2.17. The van der Waals surface area contributed by atoms with Crippen molar-refractivity contribution in [2.45, 2.75) is 6.42 Å². The lowest BCUT2D eigenvalue weighted by Gasteiger charge is -2.11. The van der Waals surface area contributed by atoms with Crippen molar-refractivity contribution < 1.29 is 9.53 Å². The van der Waals surface area contributed by atoms with Crippen molar-refractivity contribution in [3.05, 3.63) is 53.6 Å². The number of rotatable bonds is 4. The Hall–Kier alpha value is -1.74. The Bertz CT molecular complexity index is 752. The molecule has 0 radical (unpaired) electrons. The summed E-state index contributed by atoms with van der Waals surface area (Å²) in [6.45, 7) is 0.659. The zero-order valence-corrected chi connectivity index (χ0v) is 16.3. The van der Waals surface area contributed by atoms with Crippen LogP contribution in [0, 0.1) is 0 Å². The predicted molar refractivity (Wildman–Crippen MR) is 111 cm³/mol. The smallest absolute Gasteiger partial charge is 0.323 e. The van der Waals surface area contributed by atoms with E-state index in [-0.39, 0.29) is 30.0 Å². The highest BCUT2D eigenvalue weighted by molar-refractivity contribution is 14.0. The van der Waals surface area contributed by atoms with E-state index in [9.17, 15) is 4.79 Å². The average molecular weight is 455 g/mol. The summed E-state index contributed by atoms with van der Waals surface area (Å²) in [5.41, 5.74) is 3.46. The van der Waals surface area contributed by atoms with Gasteiger partial charge in [-0.1, -0.05) is 24.3 Å². The molecule has 0 unspecified atom stereocenters. The van der Waals surface area contributed by atoms with Crippen molar-refractivity contribution in [3.8, 4) is 5.75 Å². The number of nitrogens with zero attached hydrogens (tertiary/aromatic N) is 1. The van der Waals surface area contributed by atoms with Crippen LogP contribution < -0.4 is 15.4 Å². The molecule has 24 heavy (non-hydrogen) atoms. The van der Waals surface area contributed by atoms with E-state index in [1.165, 1.54) is 11.9 Å². The highest BCUT2D eigenvalue weighted by atomic mass is 127. The normalized spacial score (nSPS) is 12.2. The quantitative estimate of drug-likeness (QED) is 0.403. The van der Waals surface area contributed by atoms with Gasteiger partial charge in [0.2, 0.25) is 0 Å². The molecule has 1 heterocycles. The summed E-state index contributed by atoms with van der Waals surface area (Å²) in [5.74, 6) is 0.767. The van der Waals surface area contributed by atoms with E-state index in [0.717, 1.165) is 23.3 Å². The first-order valence-corrected chi connectivity index (χ1v) is 8.44. The van der Waals surface area contributed by atoms with Crippen LogP contribution in [0.3, 0.4) is 0 Å². The van der Waals surface area contributed by atoms with E-state index in [1.54, 1.807) is 6.21 Å². The molecule has 0 aliphatic carbocycles. The minimum Gasteiger partial charge on any atom is -0.491 e.